The van der Waals surface area contributed by atoms with E-state index in [1.54, 1.807) is 0 Å². The Morgan fingerprint density at radius 2 is 2.25 bits per heavy atom. The van der Waals surface area contributed by atoms with Crippen LogP contribution in [0.5, 0.6) is 0 Å². The lowest BCUT2D eigenvalue weighted by Crippen LogP contribution is -2.26. The van der Waals surface area contributed by atoms with Gasteiger partial charge in [-0.1, -0.05) is 0 Å². The molecule has 66 valence electrons. The number of likely N-dealkylation sites (tertiary alicyclic amines) is 1. The number of hydrogen-bond acceptors (Lipinski definition) is 2. The second-order valence-corrected chi connectivity index (χ2v) is 4.52. The first-order valence-corrected chi connectivity index (χ1v) is 4.86. The predicted molar refractivity (Wildman–Crippen MR) is 47.5 cm³/mol. The summed E-state index contributed by atoms with van der Waals surface area (Å²) in [6.07, 6.45) is 4.25. The average molecular weight is 164 g/mol. The Kier molecular flexibility index (Phi) is 1.84. The van der Waals surface area contributed by atoms with Crippen molar-refractivity contribution in [2.24, 2.45) is 11.3 Å². The fourth-order valence-corrected chi connectivity index (χ4v) is 2.20. The molecule has 1 unspecified atom stereocenters. The summed E-state index contributed by atoms with van der Waals surface area (Å²) in [5.41, 5.74) is 0.717. The summed E-state index contributed by atoms with van der Waals surface area (Å²) >= 11 is 0. The maximum absolute atomic E-state index is 8.66. The van der Waals surface area contributed by atoms with Crippen molar-refractivity contribution < 1.29 is 0 Å². The van der Waals surface area contributed by atoms with Gasteiger partial charge in [-0.3, -0.25) is 0 Å². The van der Waals surface area contributed by atoms with Crippen LogP contribution in [0.2, 0.25) is 0 Å². The van der Waals surface area contributed by atoms with Crippen molar-refractivity contribution in [2.75, 3.05) is 19.6 Å². The van der Waals surface area contributed by atoms with Gasteiger partial charge in [0.2, 0.25) is 0 Å². The molecule has 2 heteroatoms. The minimum Gasteiger partial charge on any atom is -0.301 e. The van der Waals surface area contributed by atoms with Crippen LogP contribution in [-0.2, 0) is 0 Å². The molecule has 1 saturated carbocycles. The van der Waals surface area contributed by atoms with Gasteiger partial charge in [-0.25, -0.2) is 0 Å². The number of nitriles is 1. The molecule has 1 heterocycles. The second kappa shape index (κ2) is 2.74. The van der Waals surface area contributed by atoms with Crippen molar-refractivity contribution >= 4 is 0 Å². The van der Waals surface area contributed by atoms with Gasteiger partial charge in [0.05, 0.1) is 12.0 Å². The molecular weight excluding hydrogens is 148 g/mol. The maximum Gasteiger partial charge on any atom is 0.0666 e. The molecule has 2 nitrogen and oxygen atoms in total. The molecule has 1 aliphatic carbocycles. The Bertz CT molecular complexity index is 212. The molecule has 0 amide bonds. The minimum atomic E-state index is 0.207. The van der Waals surface area contributed by atoms with E-state index in [0.29, 0.717) is 0 Å². The molecule has 1 saturated heterocycles. The van der Waals surface area contributed by atoms with Gasteiger partial charge in [-0.15, -0.1) is 0 Å². The van der Waals surface area contributed by atoms with Gasteiger partial charge in [0.25, 0.3) is 0 Å². The summed E-state index contributed by atoms with van der Waals surface area (Å²) in [7, 11) is 0. The smallest absolute Gasteiger partial charge is 0.0666 e. The fourth-order valence-electron chi connectivity index (χ4n) is 2.20. The average Bonchev–Trinajstić information content (AvgIpc) is 2.68. The molecule has 0 aromatic rings. The summed E-state index contributed by atoms with van der Waals surface area (Å²) < 4.78 is 0. The summed E-state index contributed by atoms with van der Waals surface area (Å²) in [5, 5.41) is 8.66. The molecule has 1 atom stereocenters. The van der Waals surface area contributed by atoms with Crippen molar-refractivity contribution in [2.45, 2.75) is 26.2 Å². The Morgan fingerprint density at radius 3 is 2.75 bits per heavy atom. The fraction of sp³-hybridized carbons (Fsp3) is 0.900. The summed E-state index contributed by atoms with van der Waals surface area (Å²) in [6.45, 7) is 5.49. The highest BCUT2D eigenvalue weighted by Crippen LogP contribution is 2.52. The normalized spacial score (nSPS) is 28.7. The number of nitrogens with zero attached hydrogens (tertiary/aromatic N) is 2. The van der Waals surface area contributed by atoms with Gasteiger partial charge in [0.1, 0.15) is 0 Å². The van der Waals surface area contributed by atoms with Crippen molar-refractivity contribution in [3.8, 4) is 6.07 Å². The molecule has 2 fully saturated rings. The topological polar surface area (TPSA) is 27.0 Å². The molecule has 1 spiro atoms. The van der Waals surface area contributed by atoms with Crippen LogP contribution in [-0.4, -0.2) is 24.5 Å². The minimum absolute atomic E-state index is 0.207. The van der Waals surface area contributed by atoms with E-state index in [2.05, 4.69) is 11.0 Å². The zero-order valence-electron chi connectivity index (χ0n) is 7.71. The third kappa shape index (κ3) is 1.47. The van der Waals surface area contributed by atoms with E-state index in [-0.39, 0.29) is 5.92 Å². The van der Waals surface area contributed by atoms with E-state index in [4.69, 9.17) is 5.26 Å². The predicted octanol–water partition coefficient (Wildman–Crippen LogP) is 1.63. The first-order valence-electron chi connectivity index (χ1n) is 4.86. The zero-order chi connectivity index (χ0) is 8.60. The van der Waals surface area contributed by atoms with E-state index in [9.17, 15) is 0 Å². The Balaban J connectivity index is 1.80. The van der Waals surface area contributed by atoms with Crippen LogP contribution >= 0.6 is 0 Å². The molecule has 1 aliphatic heterocycles. The van der Waals surface area contributed by atoms with Crippen LogP contribution in [0.1, 0.15) is 26.2 Å². The highest BCUT2D eigenvalue weighted by molar-refractivity contribution is 5.01. The van der Waals surface area contributed by atoms with Crippen LogP contribution in [0.4, 0.5) is 0 Å². The Morgan fingerprint density at radius 1 is 1.50 bits per heavy atom. The highest BCUT2D eigenvalue weighted by atomic mass is 15.2. The van der Waals surface area contributed by atoms with Crippen LogP contribution < -0.4 is 0 Å². The monoisotopic (exact) mass is 164 g/mol. The van der Waals surface area contributed by atoms with E-state index < -0.39 is 0 Å². The summed E-state index contributed by atoms with van der Waals surface area (Å²) in [4.78, 5) is 2.46. The standard InChI is InChI=1S/C10H16N2/c1-9(6-11)7-12-5-4-10(8-12)2-3-10/h9H,2-5,7-8H2,1H3. The lowest BCUT2D eigenvalue weighted by molar-refractivity contribution is 0.298. The van der Waals surface area contributed by atoms with Crippen molar-refractivity contribution in [3.63, 3.8) is 0 Å². The van der Waals surface area contributed by atoms with Crippen molar-refractivity contribution in [1.29, 1.82) is 5.26 Å². The molecule has 0 N–H and O–H groups in total. The van der Waals surface area contributed by atoms with Crippen molar-refractivity contribution in [1.82, 2.24) is 4.90 Å². The van der Waals surface area contributed by atoms with E-state index >= 15 is 0 Å². The number of rotatable bonds is 2. The van der Waals surface area contributed by atoms with Gasteiger partial charge in [0, 0.05) is 13.1 Å². The Labute approximate surface area is 74.2 Å². The van der Waals surface area contributed by atoms with Crippen LogP contribution in [0.15, 0.2) is 0 Å². The van der Waals surface area contributed by atoms with Gasteiger partial charge in [0.15, 0.2) is 0 Å². The molecule has 2 aliphatic rings. The van der Waals surface area contributed by atoms with E-state index in [1.165, 1.54) is 32.4 Å². The Hall–Kier alpha value is -0.550. The van der Waals surface area contributed by atoms with Gasteiger partial charge < -0.3 is 4.90 Å². The molecule has 2 rings (SSSR count). The summed E-state index contributed by atoms with van der Waals surface area (Å²) in [5.74, 6) is 0.207. The molecule has 0 aromatic heterocycles. The second-order valence-electron chi connectivity index (χ2n) is 4.52. The third-order valence-electron chi connectivity index (χ3n) is 3.23. The third-order valence-corrected chi connectivity index (χ3v) is 3.23. The van der Waals surface area contributed by atoms with Crippen molar-refractivity contribution in [3.05, 3.63) is 0 Å². The van der Waals surface area contributed by atoms with E-state index in [0.717, 1.165) is 12.0 Å². The van der Waals surface area contributed by atoms with Gasteiger partial charge in [-0.2, -0.15) is 5.26 Å². The maximum atomic E-state index is 8.66. The van der Waals surface area contributed by atoms with E-state index in [1.807, 2.05) is 6.92 Å². The first-order chi connectivity index (χ1) is 5.74. The molecule has 12 heavy (non-hydrogen) atoms. The van der Waals surface area contributed by atoms with Crippen LogP contribution in [0.3, 0.4) is 0 Å². The first kappa shape index (κ1) is 8.07. The van der Waals surface area contributed by atoms with Crippen LogP contribution in [0, 0.1) is 22.7 Å². The zero-order valence-corrected chi connectivity index (χ0v) is 7.71. The lowest BCUT2D eigenvalue weighted by atomic mass is 10.1. The largest absolute Gasteiger partial charge is 0.301 e. The number of hydrogen-bond donors (Lipinski definition) is 0. The molecular formula is C10H16N2. The quantitative estimate of drug-likeness (QED) is 0.620. The SMILES string of the molecule is CC(C#N)CN1CCC2(CC2)C1. The van der Waals surface area contributed by atoms with Crippen LogP contribution in [0.25, 0.3) is 0 Å². The lowest BCUT2D eigenvalue weighted by Gasteiger charge is -2.16. The van der Waals surface area contributed by atoms with Gasteiger partial charge in [-0.05, 0) is 38.1 Å². The molecule has 0 bridgehead atoms. The highest BCUT2D eigenvalue weighted by Gasteiger charge is 2.47. The van der Waals surface area contributed by atoms with Gasteiger partial charge >= 0.3 is 0 Å². The molecule has 0 radical (unpaired) electrons. The summed E-state index contributed by atoms with van der Waals surface area (Å²) in [6, 6.07) is 2.30. The molecule has 0 aromatic carbocycles.